The SMILES string of the molecule is CC(C)=CC1=C2CC[C@H](C)C2CC[C@@H]1C. The molecule has 0 amide bonds. The van der Waals surface area contributed by atoms with Crippen LogP contribution in [0.1, 0.15) is 53.4 Å². The molecule has 2 aliphatic carbocycles. The number of allylic oxidation sites excluding steroid dienone is 4. The van der Waals surface area contributed by atoms with Gasteiger partial charge in [-0.25, -0.2) is 0 Å². The molecule has 0 radical (unpaired) electrons. The van der Waals surface area contributed by atoms with Crippen LogP contribution in [-0.2, 0) is 0 Å². The zero-order chi connectivity index (χ0) is 11.0. The van der Waals surface area contributed by atoms with E-state index in [0.717, 1.165) is 17.8 Å². The van der Waals surface area contributed by atoms with E-state index in [1.54, 1.807) is 5.57 Å². The monoisotopic (exact) mass is 204 g/mol. The van der Waals surface area contributed by atoms with Gasteiger partial charge in [-0.1, -0.05) is 31.1 Å². The highest BCUT2D eigenvalue weighted by atomic mass is 14.4. The van der Waals surface area contributed by atoms with E-state index in [4.69, 9.17) is 0 Å². The molecule has 2 rings (SSSR count). The van der Waals surface area contributed by atoms with Gasteiger partial charge in [0.25, 0.3) is 0 Å². The number of rotatable bonds is 1. The van der Waals surface area contributed by atoms with Gasteiger partial charge in [0.15, 0.2) is 0 Å². The molecule has 0 saturated heterocycles. The third-order valence-corrected chi connectivity index (χ3v) is 4.26. The molecule has 0 heterocycles. The van der Waals surface area contributed by atoms with Crippen LogP contribution in [-0.4, -0.2) is 0 Å². The highest BCUT2D eigenvalue weighted by Gasteiger charge is 2.34. The van der Waals surface area contributed by atoms with E-state index in [2.05, 4.69) is 33.8 Å². The van der Waals surface area contributed by atoms with Crippen LogP contribution >= 0.6 is 0 Å². The first-order chi connectivity index (χ1) is 7.09. The van der Waals surface area contributed by atoms with Gasteiger partial charge < -0.3 is 0 Å². The normalized spacial score (nSPS) is 35.3. The molecule has 2 aliphatic rings. The number of hydrogen-bond donors (Lipinski definition) is 0. The second kappa shape index (κ2) is 4.15. The average molecular weight is 204 g/mol. The molecule has 0 spiro atoms. The third-order valence-electron chi connectivity index (χ3n) is 4.26. The molecule has 1 saturated carbocycles. The van der Waals surface area contributed by atoms with Crippen molar-refractivity contribution in [3.05, 3.63) is 22.8 Å². The van der Waals surface area contributed by atoms with Crippen molar-refractivity contribution in [2.45, 2.75) is 53.4 Å². The summed E-state index contributed by atoms with van der Waals surface area (Å²) in [7, 11) is 0. The predicted molar refractivity (Wildman–Crippen MR) is 66.7 cm³/mol. The Morgan fingerprint density at radius 2 is 1.87 bits per heavy atom. The Morgan fingerprint density at radius 3 is 2.53 bits per heavy atom. The van der Waals surface area contributed by atoms with Crippen molar-refractivity contribution in [3.8, 4) is 0 Å². The van der Waals surface area contributed by atoms with Gasteiger partial charge in [0, 0.05) is 0 Å². The molecule has 0 aromatic rings. The molecule has 15 heavy (non-hydrogen) atoms. The van der Waals surface area contributed by atoms with Gasteiger partial charge >= 0.3 is 0 Å². The quantitative estimate of drug-likeness (QED) is 0.579. The molecular weight excluding hydrogens is 180 g/mol. The Balaban J connectivity index is 2.37. The minimum absolute atomic E-state index is 0.802. The Labute approximate surface area is 94.5 Å². The highest BCUT2D eigenvalue weighted by molar-refractivity contribution is 5.35. The van der Waals surface area contributed by atoms with Crippen LogP contribution in [0.5, 0.6) is 0 Å². The van der Waals surface area contributed by atoms with Crippen LogP contribution in [0.25, 0.3) is 0 Å². The van der Waals surface area contributed by atoms with Gasteiger partial charge in [-0.05, 0) is 62.9 Å². The van der Waals surface area contributed by atoms with Gasteiger partial charge in [-0.15, -0.1) is 0 Å². The van der Waals surface area contributed by atoms with Crippen LogP contribution < -0.4 is 0 Å². The molecule has 0 nitrogen and oxygen atoms in total. The van der Waals surface area contributed by atoms with E-state index in [1.807, 2.05) is 5.57 Å². The van der Waals surface area contributed by atoms with Crippen molar-refractivity contribution in [1.29, 1.82) is 0 Å². The predicted octanol–water partition coefficient (Wildman–Crippen LogP) is 4.73. The van der Waals surface area contributed by atoms with Gasteiger partial charge in [0.1, 0.15) is 0 Å². The highest BCUT2D eigenvalue weighted by Crippen LogP contribution is 2.47. The van der Waals surface area contributed by atoms with E-state index in [0.29, 0.717) is 0 Å². The lowest BCUT2D eigenvalue weighted by Gasteiger charge is -2.29. The van der Waals surface area contributed by atoms with Gasteiger partial charge in [-0.3, -0.25) is 0 Å². The zero-order valence-corrected chi connectivity index (χ0v) is 10.6. The van der Waals surface area contributed by atoms with Gasteiger partial charge in [0.05, 0.1) is 0 Å². The minimum Gasteiger partial charge on any atom is -0.0762 e. The van der Waals surface area contributed by atoms with Crippen molar-refractivity contribution in [1.82, 2.24) is 0 Å². The molecule has 0 aromatic heterocycles. The summed E-state index contributed by atoms with van der Waals surface area (Å²) in [6.07, 6.45) is 8.09. The van der Waals surface area contributed by atoms with Crippen molar-refractivity contribution in [3.63, 3.8) is 0 Å². The summed E-state index contributed by atoms with van der Waals surface area (Å²) in [6, 6.07) is 0. The molecule has 0 heteroatoms. The lowest BCUT2D eigenvalue weighted by molar-refractivity contribution is 0.375. The Kier molecular flexibility index (Phi) is 3.04. The Morgan fingerprint density at radius 1 is 1.13 bits per heavy atom. The average Bonchev–Trinajstić information content (AvgIpc) is 2.52. The van der Waals surface area contributed by atoms with Crippen molar-refractivity contribution >= 4 is 0 Å². The first-order valence-corrected chi connectivity index (χ1v) is 6.47. The third kappa shape index (κ3) is 2.04. The standard InChI is InChI=1S/C15H24/c1-10(2)9-15-12(4)5-7-13-11(3)6-8-14(13)15/h9,11-13H,5-8H2,1-4H3/t11-,12-,13?/m0/s1. The van der Waals surface area contributed by atoms with Gasteiger partial charge in [-0.2, -0.15) is 0 Å². The zero-order valence-electron chi connectivity index (χ0n) is 10.6. The molecular formula is C15H24. The second-order valence-electron chi connectivity index (χ2n) is 5.80. The maximum atomic E-state index is 2.45. The van der Waals surface area contributed by atoms with E-state index in [1.165, 1.54) is 31.3 Å². The molecule has 0 bridgehead atoms. The van der Waals surface area contributed by atoms with Crippen LogP contribution in [0.4, 0.5) is 0 Å². The summed E-state index contributed by atoms with van der Waals surface area (Å²) in [5.41, 5.74) is 4.96. The van der Waals surface area contributed by atoms with E-state index in [-0.39, 0.29) is 0 Å². The summed E-state index contributed by atoms with van der Waals surface area (Å²) >= 11 is 0. The first-order valence-electron chi connectivity index (χ1n) is 6.47. The van der Waals surface area contributed by atoms with E-state index < -0.39 is 0 Å². The van der Waals surface area contributed by atoms with Crippen LogP contribution in [0.2, 0.25) is 0 Å². The Bertz CT molecular complexity index is 302. The summed E-state index contributed by atoms with van der Waals surface area (Å²) in [4.78, 5) is 0. The number of hydrogen-bond acceptors (Lipinski definition) is 0. The van der Waals surface area contributed by atoms with Crippen LogP contribution in [0, 0.1) is 17.8 Å². The minimum atomic E-state index is 0.802. The van der Waals surface area contributed by atoms with Crippen LogP contribution in [0.3, 0.4) is 0 Å². The summed E-state index contributed by atoms with van der Waals surface area (Å²) in [5.74, 6) is 2.66. The first kappa shape index (κ1) is 11.0. The lowest BCUT2D eigenvalue weighted by atomic mass is 9.76. The fourth-order valence-corrected chi connectivity index (χ4v) is 3.38. The van der Waals surface area contributed by atoms with E-state index >= 15 is 0 Å². The fourth-order valence-electron chi connectivity index (χ4n) is 3.38. The molecule has 1 unspecified atom stereocenters. The van der Waals surface area contributed by atoms with Crippen molar-refractivity contribution in [2.24, 2.45) is 17.8 Å². The van der Waals surface area contributed by atoms with E-state index in [9.17, 15) is 0 Å². The smallest absolute Gasteiger partial charge is 0.0171 e. The molecule has 84 valence electrons. The van der Waals surface area contributed by atoms with Crippen molar-refractivity contribution in [2.75, 3.05) is 0 Å². The lowest BCUT2D eigenvalue weighted by Crippen LogP contribution is -2.17. The van der Waals surface area contributed by atoms with Crippen LogP contribution in [0.15, 0.2) is 22.8 Å². The topological polar surface area (TPSA) is 0 Å². The summed E-state index contributed by atoms with van der Waals surface area (Å²) < 4.78 is 0. The molecule has 0 aromatic carbocycles. The maximum absolute atomic E-state index is 2.45. The van der Waals surface area contributed by atoms with Crippen molar-refractivity contribution < 1.29 is 0 Å². The summed E-state index contributed by atoms with van der Waals surface area (Å²) in [5, 5.41) is 0. The fraction of sp³-hybridized carbons (Fsp3) is 0.733. The summed E-state index contributed by atoms with van der Waals surface area (Å²) in [6.45, 7) is 9.29. The molecule has 0 N–H and O–H groups in total. The van der Waals surface area contributed by atoms with Gasteiger partial charge in [0.2, 0.25) is 0 Å². The molecule has 3 atom stereocenters. The largest absolute Gasteiger partial charge is 0.0762 e. The molecule has 1 fully saturated rings. The molecule has 0 aliphatic heterocycles. The number of fused-ring (bicyclic) bond motifs is 1. The maximum Gasteiger partial charge on any atom is -0.0171 e. The Hall–Kier alpha value is -0.520. The second-order valence-corrected chi connectivity index (χ2v) is 5.80.